The van der Waals surface area contributed by atoms with E-state index >= 15 is 0 Å². The standard InChI is InChI=1S/C15H13FN2O2S/c1-20-12(13-6-3-7-21-13)8-18-9-17-14-10(15(18)19)4-2-5-11(14)16/h2-7,9,12H,8H2,1H3. The van der Waals surface area contributed by atoms with E-state index in [-0.39, 0.29) is 22.6 Å². The van der Waals surface area contributed by atoms with Crippen LogP contribution in [0.4, 0.5) is 4.39 Å². The lowest BCUT2D eigenvalue weighted by Gasteiger charge is -2.15. The van der Waals surface area contributed by atoms with Crippen molar-refractivity contribution in [2.75, 3.05) is 7.11 Å². The number of hydrogen-bond acceptors (Lipinski definition) is 4. The molecule has 3 rings (SSSR count). The van der Waals surface area contributed by atoms with E-state index in [0.717, 1.165) is 4.88 Å². The number of fused-ring (bicyclic) bond motifs is 1. The van der Waals surface area contributed by atoms with Gasteiger partial charge in [0.1, 0.15) is 17.4 Å². The molecule has 3 aromatic rings. The molecule has 21 heavy (non-hydrogen) atoms. The highest BCUT2D eigenvalue weighted by Gasteiger charge is 2.15. The van der Waals surface area contributed by atoms with Crippen molar-refractivity contribution >= 4 is 22.2 Å². The number of nitrogens with zero attached hydrogens (tertiary/aromatic N) is 2. The van der Waals surface area contributed by atoms with Gasteiger partial charge in [0.05, 0.1) is 18.3 Å². The highest BCUT2D eigenvalue weighted by molar-refractivity contribution is 7.10. The summed E-state index contributed by atoms with van der Waals surface area (Å²) in [6, 6.07) is 8.28. The van der Waals surface area contributed by atoms with E-state index in [1.54, 1.807) is 24.5 Å². The average molecular weight is 304 g/mol. The van der Waals surface area contributed by atoms with Crippen LogP contribution in [0, 0.1) is 5.82 Å². The first-order chi connectivity index (χ1) is 10.2. The monoisotopic (exact) mass is 304 g/mol. The Morgan fingerprint density at radius 1 is 1.38 bits per heavy atom. The minimum absolute atomic E-state index is 0.101. The molecule has 108 valence electrons. The third-order valence-corrected chi connectivity index (χ3v) is 4.28. The van der Waals surface area contributed by atoms with Gasteiger partial charge in [0.25, 0.3) is 5.56 Å². The average Bonchev–Trinajstić information content (AvgIpc) is 3.01. The Hall–Kier alpha value is -2.05. The van der Waals surface area contributed by atoms with Crippen molar-refractivity contribution in [1.29, 1.82) is 0 Å². The lowest BCUT2D eigenvalue weighted by Crippen LogP contribution is -2.24. The van der Waals surface area contributed by atoms with Crippen LogP contribution in [-0.2, 0) is 11.3 Å². The molecule has 0 amide bonds. The van der Waals surface area contributed by atoms with Gasteiger partial charge in [-0.3, -0.25) is 9.36 Å². The van der Waals surface area contributed by atoms with Gasteiger partial charge < -0.3 is 4.74 Å². The number of hydrogen-bond donors (Lipinski definition) is 0. The molecule has 0 bridgehead atoms. The lowest BCUT2D eigenvalue weighted by atomic mass is 10.2. The van der Waals surface area contributed by atoms with Gasteiger partial charge in [-0.05, 0) is 23.6 Å². The number of thiophene rings is 1. The summed E-state index contributed by atoms with van der Waals surface area (Å²) in [7, 11) is 1.60. The Kier molecular flexibility index (Phi) is 3.81. The summed E-state index contributed by atoms with van der Waals surface area (Å²) < 4.78 is 20.5. The molecule has 0 aliphatic heterocycles. The van der Waals surface area contributed by atoms with Gasteiger partial charge in [-0.25, -0.2) is 9.37 Å². The van der Waals surface area contributed by atoms with Crippen LogP contribution in [0.15, 0.2) is 46.8 Å². The zero-order valence-corrected chi connectivity index (χ0v) is 12.1. The van der Waals surface area contributed by atoms with Crippen molar-refractivity contribution in [1.82, 2.24) is 9.55 Å². The summed E-state index contributed by atoms with van der Waals surface area (Å²) in [5, 5.41) is 2.23. The SMILES string of the molecule is COC(Cn1cnc2c(F)cccc2c1=O)c1cccs1. The molecule has 1 atom stereocenters. The molecule has 0 aliphatic rings. The Labute approximate surface area is 124 Å². The minimum atomic E-state index is -0.488. The van der Waals surface area contributed by atoms with Crippen LogP contribution >= 0.6 is 11.3 Å². The molecule has 0 radical (unpaired) electrons. The van der Waals surface area contributed by atoms with Crippen molar-refractivity contribution in [3.63, 3.8) is 0 Å². The fourth-order valence-corrected chi connectivity index (χ4v) is 3.01. The molecule has 6 heteroatoms. The second-order valence-electron chi connectivity index (χ2n) is 4.58. The van der Waals surface area contributed by atoms with Gasteiger partial charge >= 0.3 is 0 Å². The summed E-state index contributed by atoms with van der Waals surface area (Å²) in [4.78, 5) is 17.5. The molecular weight excluding hydrogens is 291 g/mol. The van der Waals surface area contributed by atoms with Gasteiger partial charge in [0.15, 0.2) is 0 Å². The van der Waals surface area contributed by atoms with Gasteiger partial charge in [-0.15, -0.1) is 11.3 Å². The van der Waals surface area contributed by atoms with Gasteiger partial charge in [0, 0.05) is 12.0 Å². The third-order valence-electron chi connectivity index (χ3n) is 3.31. The molecule has 0 aliphatic carbocycles. The third kappa shape index (κ3) is 2.59. The summed E-state index contributed by atoms with van der Waals surface area (Å²) in [6.45, 7) is 0.343. The van der Waals surface area contributed by atoms with Crippen molar-refractivity contribution in [2.45, 2.75) is 12.6 Å². The Morgan fingerprint density at radius 3 is 2.95 bits per heavy atom. The van der Waals surface area contributed by atoms with Crippen molar-refractivity contribution < 1.29 is 9.13 Å². The smallest absolute Gasteiger partial charge is 0.261 e. The van der Waals surface area contributed by atoms with Crippen LogP contribution < -0.4 is 5.56 Å². The molecule has 0 saturated carbocycles. The zero-order chi connectivity index (χ0) is 14.8. The molecule has 0 fully saturated rings. The molecule has 2 aromatic heterocycles. The van der Waals surface area contributed by atoms with E-state index in [2.05, 4.69) is 4.98 Å². The Bertz CT molecular complexity index is 814. The second-order valence-corrected chi connectivity index (χ2v) is 5.56. The van der Waals surface area contributed by atoms with Crippen LogP contribution in [0.5, 0.6) is 0 Å². The van der Waals surface area contributed by atoms with Crippen molar-refractivity contribution in [3.05, 3.63) is 63.1 Å². The number of ether oxygens (including phenoxy) is 1. The van der Waals surface area contributed by atoms with Gasteiger partial charge in [0.2, 0.25) is 0 Å². The number of aromatic nitrogens is 2. The Morgan fingerprint density at radius 2 is 2.24 bits per heavy atom. The zero-order valence-electron chi connectivity index (χ0n) is 11.3. The van der Waals surface area contributed by atoms with E-state index in [0.29, 0.717) is 6.54 Å². The topological polar surface area (TPSA) is 44.1 Å². The molecule has 1 unspecified atom stereocenters. The first kappa shape index (κ1) is 13.9. The van der Waals surface area contributed by atoms with Gasteiger partial charge in [-0.2, -0.15) is 0 Å². The van der Waals surface area contributed by atoms with E-state index in [1.165, 1.54) is 23.0 Å². The molecule has 2 heterocycles. The first-order valence-corrected chi connectivity index (χ1v) is 7.28. The fraction of sp³-hybridized carbons (Fsp3) is 0.200. The van der Waals surface area contributed by atoms with Gasteiger partial charge in [-0.1, -0.05) is 12.1 Å². The maximum absolute atomic E-state index is 13.6. The fourth-order valence-electron chi connectivity index (χ4n) is 2.22. The van der Waals surface area contributed by atoms with E-state index < -0.39 is 5.82 Å². The Balaban J connectivity index is 2.01. The summed E-state index contributed by atoms with van der Waals surface area (Å²) in [5.41, 5.74) is -0.165. The highest BCUT2D eigenvalue weighted by atomic mass is 32.1. The normalized spacial score (nSPS) is 12.7. The quantitative estimate of drug-likeness (QED) is 0.744. The largest absolute Gasteiger partial charge is 0.374 e. The predicted molar refractivity (Wildman–Crippen MR) is 80.0 cm³/mol. The maximum Gasteiger partial charge on any atom is 0.261 e. The molecular formula is C15H13FN2O2S. The number of rotatable bonds is 4. The van der Waals surface area contributed by atoms with Crippen LogP contribution in [-0.4, -0.2) is 16.7 Å². The number of para-hydroxylation sites is 1. The second kappa shape index (κ2) is 5.75. The van der Waals surface area contributed by atoms with Crippen LogP contribution in [0.2, 0.25) is 0 Å². The molecule has 4 nitrogen and oxygen atoms in total. The minimum Gasteiger partial charge on any atom is -0.374 e. The first-order valence-electron chi connectivity index (χ1n) is 6.40. The highest BCUT2D eigenvalue weighted by Crippen LogP contribution is 2.23. The van der Waals surface area contributed by atoms with Crippen LogP contribution in [0.1, 0.15) is 11.0 Å². The van der Waals surface area contributed by atoms with E-state index in [4.69, 9.17) is 4.74 Å². The number of benzene rings is 1. The predicted octanol–water partition coefficient (Wildman–Crippen LogP) is 2.98. The molecule has 0 spiro atoms. The van der Waals surface area contributed by atoms with E-state index in [1.807, 2.05) is 17.5 Å². The van der Waals surface area contributed by atoms with Crippen molar-refractivity contribution in [2.24, 2.45) is 0 Å². The number of halogens is 1. The van der Waals surface area contributed by atoms with Crippen LogP contribution in [0.25, 0.3) is 10.9 Å². The molecule has 1 aromatic carbocycles. The molecule has 0 N–H and O–H groups in total. The summed E-state index contributed by atoms with van der Waals surface area (Å²) in [6.07, 6.45) is 1.14. The summed E-state index contributed by atoms with van der Waals surface area (Å²) >= 11 is 1.57. The maximum atomic E-state index is 13.6. The van der Waals surface area contributed by atoms with Crippen LogP contribution in [0.3, 0.4) is 0 Å². The van der Waals surface area contributed by atoms with E-state index in [9.17, 15) is 9.18 Å². The van der Waals surface area contributed by atoms with Crippen molar-refractivity contribution in [3.8, 4) is 0 Å². The molecule has 0 saturated heterocycles. The summed E-state index contributed by atoms with van der Waals surface area (Å²) in [5.74, 6) is -0.488. The number of methoxy groups -OCH3 is 1. The lowest BCUT2D eigenvalue weighted by molar-refractivity contribution is 0.0897.